The summed E-state index contributed by atoms with van der Waals surface area (Å²) in [5, 5.41) is 1.30. The number of aromatic nitrogens is 1. The lowest BCUT2D eigenvalue weighted by molar-refractivity contribution is 0.0595. The van der Waals surface area contributed by atoms with Crippen LogP contribution < -0.4 is 4.74 Å². The first-order valence-electron chi connectivity index (χ1n) is 9.38. The molecule has 3 aromatic rings. The molecule has 0 spiro atoms. The van der Waals surface area contributed by atoms with E-state index in [0.717, 1.165) is 34.4 Å². The maximum Gasteiger partial charge on any atom is 0.274 e. The number of rotatable bonds is 5. The van der Waals surface area contributed by atoms with Crippen LogP contribution in [0.5, 0.6) is 5.19 Å². The number of fused-ring (bicyclic) bond motifs is 1. The predicted molar refractivity (Wildman–Crippen MR) is 117 cm³/mol. The number of nitrogens with zero attached hydrogens (tertiary/aromatic N) is 2. The maximum absolute atomic E-state index is 12.7. The SMILES string of the molecule is CCSc1ccc(C(=O)N2CCC(Oc3nc4c(Cl)cccc4s3)CC2)cc1. The van der Waals surface area contributed by atoms with E-state index in [1.165, 1.54) is 16.2 Å². The van der Waals surface area contributed by atoms with Crippen molar-refractivity contribution in [3.8, 4) is 5.19 Å². The summed E-state index contributed by atoms with van der Waals surface area (Å²) in [6.07, 6.45) is 1.69. The number of carbonyl (C=O) groups is 1. The predicted octanol–water partition coefficient (Wildman–Crippen LogP) is 5.75. The first-order chi connectivity index (χ1) is 13.6. The Kier molecular flexibility index (Phi) is 6.09. The van der Waals surface area contributed by atoms with Gasteiger partial charge in [-0.05, 0) is 42.2 Å². The lowest BCUT2D eigenvalue weighted by atomic mass is 10.1. The Balaban J connectivity index is 1.34. The summed E-state index contributed by atoms with van der Waals surface area (Å²) in [7, 11) is 0. The number of thioether (sulfide) groups is 1. The van der Waals surface area contributed by atoms with Crippen LogP contribution in [0.4, 0.5) is 0 Å². The number of hydrogen-bond donors (Lipinski definition) is 0. The smallest absolute Gasteiger partial charge is 0.274 e. The third-order valence-electron chi connectivity index (χ3n) is 4.76. The van der Waals surface area contributed by atoms with Crippen molar-refractivity contribution in [2.24, 2.45) is 0 Å². The van der Waals surface area contributed by atoms with E-state index in [2.05, 4.69) is 11.9 Å². The first-order valence-corrected chi connectivity index (χ1v) is 11.6. The van der Waals surface area contributed by atoms with E-state index >= 15 is 0 Å². The van der Waals surface area contributed by atoms with Crippen LogP contribution in [0.2, 0.25) is 5.02 Å². The zero-order chi connectivity index (χ0) is 19.5. The molecular formula is C21H21ClN2O2S2. The average Bonchev–Trinajstić information content (AvgIpc) is 3.13. The number of likely N-dealkylation sites (tertiary alicyclic amines) is 1. The van der Waals surface area contributed by atoms with Gasteiger partial charge in [-0.1, -0.05) is 35.9 Å². The molecule has 2 aromatic carbocycles. The van der Waals surface area contributed by atoms with E-state index in [1.807, 2.05) is 47.4 Å². The molecule has 0 aliphatic carbocycles. The Bertz CT molecular complexity index is 966. The molecule has 1 fully saturated rings. The van der Waals surface area contributed by atoms with Crippen LogP contribution in [0.15, 0.2) is 47.4 Å². The lowest BCUT2D eigenvalue weighted by Crippen LogP contribution is -2.41. The van der Waals surface area contributed by atoms with Gasteiger partial charge in [-0.25, -0.2) is 4.98 Å². The summed E-state index contributed by atoms with van der Waals surface area (Å²) in [4.78, 5) is 20.4. The molecule has 0 N–H and O–H groups in total. The molecule has 1 aliphatic rings. The molecule has 0 bridgehead atoms. The fourth-order valence-corrected chi connectivity index (χ4v) is 5.15. The van der Waals surface area contributed by atoms with Gasteiger partial charge in [0.1, 0.15) is 11.6 Å². The largest absolute Gasteiger partial charge is 0.467 e. The van der Waals surface area contributed by atoms with Crippen LogP contribution in [0.1, 0.15) is 30.1 Å². The van der Waals surface area contributed by atoms with Crippen molar-refractivity contribution >= 4 is 50.8 Å². The number of carbonyl (C=O) groups excluding carboxylic acids is 1. The van der Waals surface area contributed by atoms with Gasteiger partial charge in [-0.3, -0.25) is 4.79 Å². The van der Waals surface area contributed by atoms with Crippen LogP contribution in [0.25, 0.3) is 10.2 Å². The van der Waals surface area contributed by atoms with Crippen molar-refractivity contribution < 1.29 is 9.53 Å². The molecule has 0 atom stereocenters. The summed E-state index contributed by atoms with van der Waals surface area (Å²) >= 11 is 9.49. The van der Waals surface area contributed by atoms with Gasteiger partial charge in [0.15, 0.2) is 0 Å². The van der Waals surface area contributed by atoms with Crippen LogP contribution >= 0.6 is 34.7 Å². The summed E-state index contributed by atoms with van der Waals surface area (Å²) in [6, 6.07) is 13.7. The Morgan fingerprint density at radius 1 is 1.25 bits per heavy atom. The minimum Gasteiger partial charge on any atom is -0.467 e. The Morgan fingerprint density at radius 3 is 2.68 bits per heavy atom. The number of benzene rings is 2. The second-order valence-corrected chi connectivity index (χ2v) is 9.37. The topological polar surface area (TPSA) is 42.4 Å². The average molecular weight is 433 g/mol. The molecule has 1 aromatic heterocycles. The van der Waals surface area contributed by atoms with E-state index in [0.29, 0.717) is 23.3 Å². The van der Waals surface area contributed by atoms with E-state index in [4.69, 9.17) is 16.3 Å². The van der Waals surface area contributed by atoms with Gasteiger partial charge in [-0.2, -0.15) is 0 Å². The van der Waals surface area contributed by atoms with Crippen molar-refractivity contribution in [1.29, 1.82) is 0 Å². The zero-order valence-corrected chi connectivity index (χ0v) is 17.9. The second-order valence-electron chi connectivity index (χ2n) is 6.63. The number of halogens is 1. The number of ether oxygens (including phenoxy) is 1. The summed E-state index contributed by atoms with van der Waals surface area (Å²) in [6.45, 7) is 3.51. The minimum atomic E-state index is 0.0757. The quantitative estimate of drug-likeness (QED) is 0.482. The van der Waals surface area contributed by atoms with E-state index in [9.17, 15) is 4.79 Å². The summed E-state index contributed by atoms with van der Waals surface area (Å²) in [5.41, 5.74) is 1.54. The summed E-state index contributed by atoms with van der Waals surface area (Å²) < 4.78 is 7.11. The monoisotopic (exact) mass is 432 g/mol. The van der Waals surface area contributed by atoms with Crippen LogP contribution in [0.3, 0.4) is 0 Å². The van der Waals surface area contributed by atoms with Gasteiger partial charge < -0.3 is 9.64 Å². The van der Waals surface area contributed by atoms with E-state index in [1.54, 1.807) is 11.8 Å². The van der Waals surface area contributed by atoms with E-state index < -0.39 is 0 Å². The van der Waals surface area contributed by atoms with Crippen molar-refractivity contribution in [3.05, 3.63) is 53.1 Å². The fourth-order valence-electron chi connectivity index (χ4n) is 3.31. The van der Waals surface area contributed by atoms with Crippen LogP contribution in [-0.4, -0.2) is 40.7 Å². The maximum atomic E-state index is 12.7. The number of hydrogen-bond acceptors (Lipinski definition) is 5. The van der Waals surface area contributed by atoms with Gasteiger partial charge in [0.05, 0.1) is 9.72 Å². The fraction of sp³-hybridized carbons (Fsp3) is 0.333. The molecule has 0 unspecified atom stereocenters. The molecule has 1 saturated heterocycles. The molecule has 4 rings (SSSR count). The highest BCUT2D eigenvalue weighted by atomic mass is 35.5. The molecule has 4 nitrogen and oxygen atoms in total. The molecule has 1 aliphatic heterocycles. The first kappa shape index (κ1) is 19.6. The van der Waals surface area contributed by atoms with Crippen molar-refractivity contribution in [2.75, 3.05) is 18.8 Å². The Labute approximate surface area is 177 Å². The van der Waals surface area contributed by atoms with Crippen LogP contribution in [-0.2, 0) is 0 Å². The third-order valence-corrected chi connectivity index (χ3v) is 6.87. The number of para-hydroxylation sites is 1. The minimum absolute atomic E-state index is 0.0757. The van der Waals surface area contributed by atoms with E-state index in [-0.39, 0.29) is 12.0 Å². The van der Waals surface area contributed by atoms with Crippen LogP contribution in [0, 0.1) is 0 Å². The third kappa shape index (κ3) is 4.29. The second kappa shape index (κ2) is 8.72. The van der Waals surface area contributed by atoms with Gasteiger partial charge in [0.25, 0.3) is 11.1 Å². The van der Waals surface area contributed by atoms with Crippen molar-refractivity contribution in [1.82, 2.24) is 9.88 Å². The Hall–Kier alpha value is -1.76. The lowest BCUT2D eigenvalue weighted by Gasteiger charge is -2.31. The Morgan fingerprint density at radius 2 is 2.00 bits per heavy atom. The molecular weight excluding hydrogens is 412 g/mol. The highest BCUT2D eigenvalue weighted by Crippen LogP contribution is 2.33. The molecule has 0 radical (unpaired) electrons. The molecule has 146 valence electrons. The number of thiazole rings is 1. The van der Waals surface area contributed by atoms with Crippen molar-refractivity contribution in [2.45, 2.75) is 30.8 Å². The van der Waals surface area contributed by atoms with Crippen molar-refractivity contribution in [3.63, 3.8) is 0 Å². The summed E-state index contributed by atoms with van der Waals surface area (Å²) in [5.74, 6) is 1.13. The standard InChI is InChI=1S/C21H21ClN2O2S2/c1-2-27-16-8-6-14(7-9-16)20(25)24-12-10-15(11-13-24)26-21-23-19-17(22)4-3-5-18(19)28-21/h3-9,15H,2,10-13H2,1H3. The number of piperidine rings is 1. The molecule has 1 amide bonds. The normalized spacial score (nSPS) is 15.1. The molecule has 7 heteroatoms. The zero-order valence-electron chi connectivity index (χ0n) is 15.6. The van der Waals surface area contributed by atoms with Gasteiger partial charge in [0.2, 0.25) is 0 Å². The van der Waals surface area contributed by atoms with Gasteiger partial charge >= 0.3 is 0 Å². The van der Waals surface area contributed by atoms with Gasteiger partial charge in [-0.15, -0.1) is 11.8 Å². The number of amides is 1. The molecule has 28 heavy (non-hydrogen) atoms. The highest BCUT2D eigenvalue weighted by molar-refractivity contribution is 7.99. The molecule has 0 saturated carbocycles. The molecule has 2 heterocycles. The highest BCUT2D eigenvalue weighted by Gasteiger charge is 2.25. The van der Waals surface area contributed by atoms with Gasteiger partial charge in [0, 0.05) is 36.4 Å².